The molecule has 0 heterocycles. The van der Waals surface area contributed by atoms with Crippen molar-refractivity contribution < 1.29 is 0 Å². The first-order valence-electron chi connectivity index (χ1n) is 2.99. The van der Waals surface area contributed by atoms with Gasteiger partial charge in [-0.25, -0.2) is 0 Å². The molecule has 0 aliphatic carbocycles. The lowest BCUT2D eigenvalue weighted by Crippen LogP contribution is -2.19. The van der Waals surface area contributed by atoms with Crippen LogP contribution in [0.25, 0.3) is 0 Å². The fraction of sp³-hybridized carbons (Fsp3) is 1.00. The van der Waals surface area contributed by atoms with Gasteiger partial charge in [0.25, 0.3) is 0 Å². The van der Waals surface area contributed by atoms with Crippen LogP contribution in [0.5, 0.6) is 0 Å². The maximum Gasteiger partial charge on any atom is 0.0528 e. The van der Waals surface area contributed by atoms with Crippen LogP contribution >= 0.6 is 11.6 Å². The Bertz CT molecular complexity index is 73.4. The normalized spacial score (nSPS) is 9.11. The van der Waals surface area contributed by atoms with Crippen molar-refractivity contribution in [2.45, 2.75) is 13.3 Å². The van der Waals surface area contributed by atoms with E-state index < -0.39 is 0 Å². The van der Waals surface area contributed by atoms with Crippen molar-refractivity contribution >= 4 is 11.6 Å². The molecule has 4 heteroatoms. The molecule has 0 saturated carbocycles. The molecule has 0 unspecified atom stereocenters. The molecule has 0 aromatic carbocycles. The highest BCUT2D eigenvalue weighted by atomic mass is 35.5. The molecule has 3 nitrogen and oxygen atoms in total. The van der Waals surface area contributed by atoms with Crippen LogP contribution in [0.2, 0.25) is 0 Å². The molecule has 54 valence electrons. The average Bonchev–Trinajstić information content (AvgIpc) is 1.88. The molecule has 0 amide bonds. The van der Waals surface area contributed by atoms with Crippen molar-refractivity contribution in [3.05, 3.63) is 4.91 Å². The van der Waals surface area contributed by atoms with Crippen molar-refractivity contribution in [1.82, 2.24) is 5.01 Å². The maximum atomic E-state index is 9.90. The summed E-state index contributed by atoms with van der Waals surface area (Å²) in [5.41, 5.74) is 0. The van der Waals surface area contributed by atoms with Crippen molar-refractivity contribution in [1.29, 1.82) is 0 Å². The minimum atomic E-state index is 0.464. The number of rotatable bonds is 5. The first kappa shape index (κ1) is 8.69. The molecule has 0 aromatic rings. The summed E-state index contributed by atoms with van der Waals surface area (Å²) >= 11 is 5.37. The Kier molecular flexibility index (Phi) is 5.62. The topological polar surface area (TPSA) is 32.7 Å². The molecule has 0 N–H and O–H groups in total. The predicted molar refractivity (Wildman–Crippen MR) is 38.4 cm³/mol. The fourth-order valence-electron chi connectivity index (χ4n) is 0.549. The molecule has 0 aliphatic heterocycles. The number of hydrogen-bond donors (Lipinski definition) is 0. The lowest BCUT2D eigenvalue weighted by atomic mass is 10.5. The van der Waals surface area contributed by atoms with Crippen molar-refractivity contribution in [3.8, 4) is 0 Å². The molecule has 0 spiro atoms. The molecule has 0 rings (SSSR count). The van der Waals surface area contributed by atoms with E-state index in [9.17, 15) is 4.91 Å². The van der Waals surface area contributed by atoms with Gasteiger partial charge in [-0.05, 0) is 6.42 Å². The van der Waals surface area contributed by atoms with E-state index in [0.717, 1.165) is 6.42 Å². The quantitative estimate of drug-likeness (QED) is 0.339. The zero-order valence-electron chi connectivity index (χ0n) is 5.51. The predicted octanol–water partition coefficient (Wildman–Crippen LogP) is 1.62. The molecule has 0 radical (unpaired) electrons. The Hall–Kier alpha value is -0.310. The van der Waals surface area contributed by atoms with Gasteiger partial charge in [0, 0.05) is 12.4 Å². The minimum Gasteiger partial charge on any atom is -0.260 e. The highest BCUT2D eigenvalue weighted by molar-refractivity contribution is 6.18. The third-order valence-electron chi connectivity index (χ3n) is 0.940. The third kappa shape index (κ3) is 4.21. The zero-order chi connectivity index (χ0) is 7.11. The van der Waals surface area contributed by atoms with Crippen LogP contribution in [0, 0.1) is 4.91 Å². The number of halogens is 1. The lowest BCUT2D eigenvalue weighted by molar-refractivity contribution is 0.302. The van der Waals surface area contributed by atoms with E-state index in [1.165, 1.54) is 5.01 Å². The van der Waals surface area contributed by atoms with E-state index in [0.29, 0.717) is 19.0 Å². The summed E-state index contributed by atoms with van der Waals surface area (Å²) in [6, 6.07) is 0. The second-order valence-corrected chi connectivity index (χ2v) is 2.10. The third-order valence-corrected chi connectivity index (χ3v) is 1.11. The Morgan fingerprint density at radius 3 is 2.56 bits per heavy atom. The van der Waals surface area contributed by atoms with Crippen LogP contribution in [-0.2, 0) is 0 Å². The molecule has 0 fully saturated rings. The summed E-state index contributed by atoms with van der Waals surface area (Å²) in [5.74, 6) is 0.464. The van der Waals surface area contributed by atoms with Gasteiger partial charge in [0.1, 0.15) is 0 Å². The molecule has 9 heavy (non-hydrogen) atoms. The summed E-state index contributed by atoms with van der Waals surface area (Å²) in [6.45, 7) is 3.25. The second-order valence-electron chi connectivity index (χ2n) is 1.72. The highest BCUT2D eigenvalue weighted by Gasteiger charge is 1.96. The van der Waals surface area contributed by atoms with E-state index in [4.69, 9.17) is 11.6 Å². The molecule has 0 saturated heterocycles. The monoisotopic (exact) mass is 150 g/mol. The van der Waals surface area contributed by atoms with Crippen LogP contribution in [-0.4, -0.2) is 24.0 Å². The van der Waals surface area contributed by atoms with Gasteiger partial charge in [0.15, 0.2) is 0 Å². The number of nitroso groups, excluding NO2 is 1. The van der Waals surface area contributed by atoms with Gasteiger partial charge in [0.05, 0.1) is 11.8 Å². The molecule has 0 atom stereocenters. The van der Waals surface area contributed by atoms with Gasteiger partial charge < -0.3 is 0 Å². The van der Waals surface area contributed by atoms with Gasteiger partial charge in [-0.1, -0.05) is 6.92 Å². The Morgan fingerprint density at radius 2 is 2.22 bits per heavy atom. The van der Waals surface area contributed by atoms with E-state index in [2.05, 4.69) is 5.29 Å². The van der Waals surface area contributed by atoms with Gasteiger partial charge in [-0.3, -0.25) is 5.01 Å². The molecule has 0 aliphatic rings. The fourth-order valence-corrected chi connectivity index (χ4v) is 0.744. The maximum absolute atomic E-state index is 9.90. The summed E-state index contributed by atoms with van der Waals surface area (Å²) in [5, 5.41) is 4.19. The van der Waals surface area contributed by atoms with Gasteiger partial charge >= 0.3 is 0 Å². The lowest BCUT2D eigenvalue weighted by Gasteiger charge is -2.10. The van der Waals surface area contributed by atoms with Gasteiger partial charge in [0.2, 0.25) is 0 Å². The van der Waals surface area contributed by atoms with E-state index in [1.54, 1.807) is 0 Å². The van der Waals surface area contributed by atoms with Crippen LogP contribution in [0.4, 0.5) is 0 Å². The Morgan fingerprint density at radius 1 is 1.56 bits per heavy atom. The molecular weight excluding hydrogens is 140 g/mol. The first-order valence-corrected chi connectivity index (χ1v) is 3.52. The smallest absolute Gasteiger partial charge is 0.0528 e. The van der Waals surface area contributed by atoms with E-state index >= 15 is 0 Å². The van der Waals surface area contributed by atoms with Crippen LogP contribution in [0.1, 0.15) is 13.3 Å². The zero-order valence-corrected chi connectivity index (χ0v) is 6.26. The SMILES string of the molecule is CCCN(CCCl)N=O. The standard InChI is InChI=1S/C5H11ClN2O/c1-2-4-8(7-9)5-3-6/h2-5H2,1H3. The second kappa shape index (κ2) is 5.82. The van der Waals surface area contributed by atoms with E-state index in [-0.39, 0.29) is 0 Å². The Balaban J connectivity index is 3.29. The van der Waals surface area contributed by atoms with Crippen LogP contribution < -0.4 is 0 Å². The highest BCUT2D eigenvalue weighted by Crippen LogP contribution is 1.91. The number of alkyl halides is 1. The van der Waals surface area contributed by atoms with Crippen molar-refractivity contribution in [2.24, 2.45) is 5.29 Å². The molecule has 0 aromatic heterocycles. The minimum absolute atomic E-state index is 0.464. The summed E-state index contributed by atoms with van der Waals surface area (Å²) in [6.07, 6.45) is 0.933. The van der Waals surface area contributed by atoms with Crippen LogP contribution in [0.15, 0.2) is 5.29 Å². The number of hydrogen-bond acceptors (Lipinski definition) is 2. The summed E-state index contributed by atoms with van der Waals surface area (Å²) in [7, 11) is 0. The number of nitrogens with zero attached hydrogens (tertiary/aromatic N) is 2. The summed E-state index contributed by atoms with van der Waals surface area (Å²) in [4.78, 5) is 9.90. The van der Waals surface area contributed by atoms with E-state index in [1.807, 2.05) is 6.92 Å². The van der Waals surface area contributed by atoms with Gasteiger partial charge in [-0.15, -0.1) is 16.5 Å². The van der Waals surface area contributed by atoms with Crippen molar-refractivity contribution in [3.63, 3.8) is 0 Å². The average molecular weight is 151 g/mol. The molecule has 0 bridgehead atoms. The molecular formula is C5H11ClN2O. The summed E-state index contributed by atoms with van der Waals surface area (Å²) < 4.78 is 0. The first-order chi connectivity index (χ1) is 4.35. The van der Waals surface area contributed by atoms with Crippen LogP contribution in [0.3, 0.4) is 0 Å². The van der Waals surface area contributed by atoms with Crippen molar-refractivity contribution in [2.75, 3.05) is 19.0 Å². The Labute approximate surface area is 59.9 Å². The largest absolute Gasteiger partial charge is 0.260 e. The van der Waals surface area contributed by atoms with Gasteiger partial charge in [-0.2, -0.15) is 0 Å².